The third-order valence-corrected chi connectivity index (χ3v) is 4.69. The third kappa shape index (κ3) is 4.06. The van der Waals surface area contributed by atoms with Crippen LogP contribution in [0.4, 0.5) is 0 Å². The Bertz CT molecular complexity index is 402. The van der Waals surface area contributed by atoms with Crippen LogP contribution in [0.5, 0.6) is 0 Å². The molecule has 114 valence electrons. The standard InChI is InChI=1S/C16H30N4/c1-16(2,19(3)4)13-17-12-14-10-11-20(18-14)15-8-6-5-7-9-15/h10-11,15,17H,5-9,12-13H2,1-4H3. The van der Waals surface area contributed by atoms with Gasteiger partial charge in [0.2, 0.25) is 0 Å². The van der Waals surface area contributed by atoms with E-state index in [-0.39, 0.29) is 5.54 Å². The predicted octanol–water partition coefficient (Wildman–Crippen LogP) is 2.82. The third-order valence-electron chi connectivity index (χ3n) is 4.69. The Balaban J connectivity index is 1.81. The Labute approximate surface area is 123 Å². The van der Waals surface area contributed by atoms with Gasteiger partial charge in [0.25, 0.3) is 0 Å². The van der Waals surface area contributed by atoms with Crippen LogP contribution < -0.4 is 5.32 Å². The van der Waals surface area contributed by atoms with Crippen LogP contribution >= 0.6 is 0 Å². The second kappa shape index (κ2) is 6.72. The molecule has 0 saturated heterocycles. The van der Waals surface area contributed by atoms with Gasteiger partial charge in [0.05, 0.1) is 11.7 Å². The fraction of sp³-hybridized carbons (Fsp3) is 0.812. The Morgan fingerprint density at radius 2 is 2.00 bits per heavy atom. The second-order valence-corrected chi connectivity index (χ2v) is 6.89. The molecule has 0 bridgehead atoms. The number of nitrogens with zero attached hydrogens (tertiary/aromatic N) is 3. The summed E-state index contributed by atoms with van der Waals surface area (Å²) in [5, 5.41) is 8.26. The maximum Gasteiger partial charge on any atom is 0.0762 e. The molecule has 0 radical (unpaired) electrons. The lowest BCUT2D eigenvalue weighted by Crippen LogP contribution is -2.46. The molecule has 0 spiro atoms. The van der Waals surface area contributed by atoms with Crippen molar-refractivity contribution in [2.24, 2.45) is 0 Å². The summed E-state index contributed by atoms with van der Waals surface area (Å²) in [5.74, 6) is 0. The lowest BCUT2D eigenvalue weighted by Gasteiger charge is -2.32. The predicted molar refractivity (Wildman–Crippen MR) is 83.8 cm³/mol. The topological polar surface area (TPSA) is 33.1 Å². The molecule has 0 aliphatic heterocycles. The van der Waals surface area contributed by atoms with E-state index in [1.54, 1.807) is 0 Å². The van der Waals surface area contributed by atoms with Crippen molar-refractivity contribution in [2.45, 2.75) is 64.1 Å². The van der Waals surface area contributed by atoms with Gasteiger partial charge in [0.15, 0.2) is 0 Å². The first kappa shape index (κ1) is 15.5. The molecule has 0 aromatic carbocycles. The van der Waals surface area contributed by atoms with Crippen molar-refractivity contribution in [2.75, 3.05) is 20.6 Å². The smallest absolute Gasteiger partial charge is 0.0762 e. The number of aromatic nitrogens is 2. The van der Waals surface area contributed by atoms with Crippen molar-refractivity contribution in [3.63, 3.8) is 0 Å². The lowest BCUT2D eigenvalue weighted by molar-refractivity contribution is 0.189. The minimum atomic E-state index is 0.173. The Kier molecular flexibility index (Phi) is 5.22. The molecule has 0 unspecified atom stereocenters. The van der Waals surface area contributed by atoms with Gasteiger partial charge < -0.3 is 10.2 Å². The largest absolute Gasteiger partial charge is 0.309 e. The molecule has 1 saturated carbocycles. The molecule has 20 heavy (non-hydrogen) atoms. The van der Waals surface area contributed by atoms with Crippen LogP contribution in [0.3, 0.4) is 0 Å². The second-order valence-electron chi connectivity index (χ2n) is 6.89. The normalized spacial score (nSPS) is 17.9. The SMILES string of the molecule is CN(C)C(C)(C)CNCc1ccn(C2CCCCC2)n1. The van der Waals surface area contributed by atoms with E-state index >= 15 is 0 Å². The molecule has 2 rings (SSSR count). The average molecular weight is 278 g/mol. The Hall–Kier alpha value is -0.870. The molecule has 1 aromatic rings. The first-order valence-electron chi connectivity index (χ1n) is 7.91. The Morgan fingerprint density at radius 1 is 1.30 bits per heavy atom. The number of nitrogens with one attached hydrogen (secondary N) is 1. The quantitative estimate of drug-likeness (QED) is 0.868. The highest BCUT2D eigenvalue weighted by Gasteiger charge is 2.20. The summed E-state index contributed by atoms with van der Waals surface area (Å²) < 4.78 is 2.19. The highest BCUT2D eigenvalue weighted by Crippen LogP contribution is 2.27. The van der Waals surface area contributed by atoms with Gasteiger partial charge in [-0.2, -0.15) is 5.10 Å². The van der Waals surface area contributed by atoms with Gasteiger partial charge >= 0.3 is 0 Å². The molecule has 1 fully saturated rings. The van der Waals surface area contributed by atoms with Gasteiger partial charge in [-0.15, -0.1) is 0 Å². The molecule has 0 amide bonds. The monoisotopic (exact) mass is 278 g/mol. The van der Waals surface area contributed by atoms with Crippen molar-refractivity contribution in [3.05, 3.63) is 18.0 Å². The molecule has 1 aromatic heterocycles. The van der Waals surface area contributed by atoms with E-state index in [2.05, 4.69) is 55.1 Å². The molecule has 4 heteroatoms. The van der Waals surface area contributed by atoms with Gasteiger partial charge in [0.1, 0.15) is 0 Å². The zero-order chi connectivity index (χ0) is 14.6. The molecule has 1 heterocycles. The summed E-state index contributed by atoms with van der Waals surface area (Å²) >= 11 is 0. The van der Waals surface area contributed by atoms with Crippen molar-refractivity contribution in [1.29, 1.82) is 0 Å². The van der Waals surface area contributed by atoms with Crippen molar-refractivity contribution < 1.29 is 0 Å². The number of likely N-dealkylation sites (N-methyl/N-ethyl adjacent to an activating group) is 1. The highest BCUT2D eigenvalue weighted by molar-refractivity contribution is 5.00. The van der Waals surface area contributed by atoms with Crippen LogP contribution in [0, 0.1) is 0 Å². The van der Waals surface area contributed by atoms with E-state index in [1.807, 2.05) is 0 Å². The van der Waals surface area contributed by atoms with Gasteiger partial charge in [-0.05, 0) is 46.9 Å². The summed E-state index contributed by atoms with van der Waals surface area (Å²) in [6, 6.07) is 2.79. The summed E-state index contributed by atoms with van der Waals surface area (Å²) in [6.07, 6.45) is 8.85. The molecule has 1 aliphatic carbocycles. The van der Waals surface area contributed by atoms with Crippen LogP contribution in [0.2, 0.25) is 0 Å². The van der Waals surface area contributed by atoms with E-state index in [4.69, 9.17) is 5.10 Å². The minimum Gasteiger partial charge on any atom is -0.309 e. The van der Waals surface area contributed by atoms with Crippen LogP contribution in [0.15, 0.2) is 12.3 Å². The molecule has 4 nitrogen and oxygen atoms in total. The fourth-order valence-corrected chi connectivity index (χ4v) is 2.68. The first-order chi connectivity index (χ1) is 9.49. The summed E-state index contributed by atoms with van der Waals surface area (Å²) in [6.45, 7) is 6.33. The van der Waals surface area contributed by atoms with Gasteiger partial charge in [-0.25, -0.2) is 0 Å². The van der Waals surface area contributed by atoms with Crippen molar-refractivity contribution in [3.8, 4) is 0 Å². The zero-order valence-electron chi connectivity index (χ0n) is 13.5. The van der Waals surface area contributed by atoms with Crippen LogP contribution in [0.1, 0.15) is 57.7 Å². The minimum absolute atomic E-state index is 0.173. The molecular weight excluding hydrogens is 248 g/mol. The van der Waals surface area contributed by atoms with Crippen LogP contribution in [-0.2, 0) is 6.54 Å². The maximum atomic E-state index is 4.74. The fourth-order valence-electron chi connectivity index (χ4n) is 2.68. The number of rotatable bonds is 6. The maximum absolute atomic E-state index is 4.74. The summed E-state index contributed by atoms with van der Waals surface area (Å²) in [7, 11) is 4.25. The van der Waals surface area contributed by atoms with Crippen LogP contribution in [0.25, 0.3) is 0 Å². The average Bonchev–Trinajstić information content (AvgIpc) is 2.88. The van der Waals surface area contributed by atoms with E-state index < -0.39 is 0 Å². The van der Waals surface area contributed by atoms with Crippen LogP contribution in [-0.4, -0.2) is 40.9 Å². The van der Waals surface area contributed by atoms with E-state index in [0.717, 1.165) is 18.8 Å². The van der Waals surface area contributed by atoms with Gasteiger partial charge in [-0.1, -0.05) is 19.3 Å². The summed E-state index contributed by atoms with van der Waals surface area (Å²) in [5.41, 5.74) is 1.33. The first-order valence-corrected chi connectivity index (χ1v) is 7.91. The molecule has 1 N–H and O–H groups in total. The van der Waals surface area contributed by atoms with E-state index in [9.17, 15) is 0 Å². The van der Waals surface area contributed by atoms with E-state index in [1.165, 1.54) is 32.1 Å². The highest BCUT2D eigenvalue weighted by atomic mass is 15.3. The number of hydrogen-bond donors (Lipinski definition) is 1. The number of hydrogen-bond acceptors (Lipinski definition) is 3. The lowest BCUT2D eigenvalue weighted by atomic mass is 9.96. The zero-order valence-corrected chi connectivity index (χ0v) is 13.5. The Morgan fingerprint density at radius 3 is 2.65 bits per heavy atom. The van der Waals surface area contributed by atoms with Crippen molar-refractivity contribution in [1.82, 2.24) is 20.0 Å². The molecule has 0 atom stereocenters. The summed E-state index contributed by atoms with van der Waals surface area (Å²) in [4.78, 5) is 2.25. The molecular formula is C16H30N4. The molecule has 1 aliphatic rings. The van der Waals surface area contributed by atoms with Crippen molar-refractivity contribution >= 4 is 0 Å². The van der Waals surface area contributed by atoms with Gasteiger partial charge in [0, 0.05) is 24.8 Å². The van der Waals surface area contributed by atoms with E-state index in [0.29, 0.717) is 6.04 Å². The van der Waals surface area contributed by atoms with Gasteiger partial charge in [-0.3, -0.25) is 4.68 Å².